The van der Waals surface area contributed by atoms with Gasteiger partial charge in [0.05, 0.1) is 0 Å². The fourth-order valence-electron chi connectivity index (χ4n) is 2.55. The van der Waals surface area contributed by atoms with Gasteiger partial charge in [0.2, 0.25) is 0 Å². The number of aryl methyl sites for hydroxylation is 1. The number of benzene rings is 1. The molecule has 16 heavy (non-hydrogen) atoms. The molecule has 0 spiro atoms. The molecule has 1 fully saturated rings. The van der Waals surface area contributed by atoms with Crippen LogP contribution < -0.4 is 0 Å². The van der Waals surface area contributed by atoms with Crippen molar-refractivity contribution in [3.05, 3.63) is 35.4 Å². The molecule has 86 valence electrons. The Bertz CT molecular complexity index is 364. The van der Waals surface area contributed by atoms with Crippen molar-refractivity contribution in [3.8, 4) is 0 Å². The molecule has 0 bridgehead atoms. The number of hydrogen-bond acceptors (Lipinski definition) is 1. The predicted molar refractivity (Wildman–Crippen MR) is 66.4 cm³/mol. The summed E-state index contributed by atoms with van der Waals surface area (Å²) in [6, 6.07) is 8.32. The number of carbonyl (C=O) groups is 1. The second-order valence-electron chi connectivity index (χ2n) is 5.24. The Balaban J connectivity index is 1.94. The molecule has 1 aromatic carbocycles. The van der Waals surface area contributed by atoms with Crippen LogP contribution in [-0.4, -0.2) is 5.78 Å². The lowest BCUT2D eigenvalue weighted by Gasteiger charge is -2.08. The van der Waals surface area contributed by atoms with Crippen LogP contribution in [0.15, 0.2) is 24.3 Å². The van der Waals surface area contributed by atoms with E-state index in [0.29, 0.717) is 18.1 Å². The van der Waals surface area contributed by atoms with Crippen LogP contribution in [0.3, 0.4) is 0 Å². The molecule has 1 aliphatic rings. The summed E-state index contributed by atoms with van der Waals surface area (Å²) < 4.78 is 0. The van der Waals surface area contributed by atoms with E-state index in [1.165, 1.54) is 12.0 Å². The lowest BCUT2D eigenvalue weighted by molar-refractivity contribution is -0.122. The van der Waals surface area contributed by atoms with E-state index in [9.17, 15) is 4.79 Å². The van der Waals surface area contributed by atoms with E-state index in [1.54, 1.807) is 0 Å². The van der Waals surface area contributed by atoms with Gasteiger partial charge in [-0.1, -0.05) is 36.8 Å². The van der Waals surface area contributed by atoms with Crippen LogP contribution in [0.25, 0.3) is 0 Å². The number of ketones is 1. The highest BCUT2D eigenvalue weighted by molar-refractivity contribution is 5.83. The van der Waals surface area contributed by atoms with E-state index in [2.05, 4.69) is 38.1 Å². The highest BCUT2D eigenvalue weighted by Gasteiger charge is 2.26. The van der Waals surface area contributed by atoms with Crippen LogP contribution in [0, 0.1) is 18.8 Å². The first-order valence-corrected chi connectivity index (χ1v) is 6.23. The third-order valence-corrected chi connectivity index (χ3v) is 3.65. The monoisotopic (exact) mass is 216 g/mol. The Hall–Kier alpha value is -1.11. The molecular weight excluding hydrogens is 196 g/mol. The fourth-order valence-corrected chi connectivity index (χ4v) is 2.55. The van der Waals surface area contributed by atoms with Crippen LogP contribution in [0.4, 0.5) is 0 Å². The van der Waals surface area contributed by atoms with Gasteiger partial charge in [0, 0.05) is 12.3 Å². The normalized spacial score (nSPS) is 24.6. The van der Waals surface area contributed by atoms with Crippen molar-refractivity contribution in [1.29, 1.82) is 0 Å². The minimum Gasteiger partial charge on any atom is -0.299 e. The predicted octanol–water partition coefficient (Wildman–Crippen LogP) is 3.54. The Kier molecular flexibility index (Phi) is 3.42. The van der Waals surface area contributed by atoms with Crippen molar-refractivity contribution >= 4 is 5.78 Å². The van der Waals surface area contributed by atoms with E-state index in [4.69, 9.17) is 0 Å². The third kappa shape index (κ3) is 2.72. The lowest BCUT2D eigenvalue weighted by Crippen LogP contribution is -2.13. The molecule has 1 nitrogen and oxygen atoms in total. The van der Waals surface area contributed by atoms with Crippen molar-refractivity contribution in [2.45, 2.75) is 39.5 Å². The second-order valence-corrected chi connectivity index (χ2v) is 5.24. The zero-order valence-corrected chi connectivity index (χ0v) is 10.2. The second kappa shape index (κ2) is 4.82. The topological polar surface area (TPSA) is 17.1 Å². The van der Waals surface area contributed by atoms with Gasteiger partial charge >= 0.3 is 0 Å². The first-order valence-electron chi connectivity index (χ1n) is 6.23. The molecule has 0 N–H and O–H groups in total. The SMILES string of the molecule is Cc1ccc(CC(=O)C2CCC(C)C2)cc1. The van der Waals surface area contributed by atoms with Gasteiger partial charge in [-0.05, 0) is 37.7 Å². The highest BCUT2D eigenvalue weighted by Crippen LogP contribution is 2.31. The highest BCUT2D eigenvalue weighted by atomic mass is 16.1. The van der Waals surface area contributed by atoms with Gasteiger partial charge < -0.3 is 0 Å². The van der Waals surface area contributed by atoms with Crippen LogP contribution in [0.1, 0.15) is 37.3 Å². The van der Waals surface area contributed by atoms with Gasteiger partial charge in [0.25, 0.3) is 0 Å². The maximum Gasteiger partial charge on any atom is 0.140 e. The number of hydrogen-bond donors (Lipinski definition) is 0. The van der Waals surface area contributed by atoms with Crippen molar-refractivity contribution in [2.75, 3.05) is 0 Å². The summed E-state index contributed by atoms with van der Waals surface area (Å²) in [5.41, 5.74) is 2.42. The van der Waals surface area contributed by atoms with Crippen LogP contribution in [0.2, 0.25) is 0 Å². The van der Waals surface area contributed by atoms with E-state index in [-0.39, 0.29) is 0 Å². The fraction of sp³-hybridized carbons (Fsp3) is 0.533. The zero-order valence-electron chi connectivity index (χ0n) is 10.2. The first-order chi connectivity index (χ1) is 7.65. The average Bonchev–Trinajstić information content (AvgIpc) is 2.68. The molecule has 2 atom stereocenters. The Labute approximate surface area is 97.9 Å². The molecule has 0 heterocycles. The van der Waals surface area contributed by atoms with Gasteiger partial charge in [0.1, 0.15) is 5.78 Å². The third-order valence-electron chi connectivity index (χ3n) is 3.65. The molecule has 0 aliphatic heterocycles. The standard InChI is InChI=1S/C15H20O/c1-11-3-6-13(7-4-11)10-15(16)14-8-5-12(2)9-14/h3-4,6-7,12,14H,5,8-10H2,1-2H3. The van der Waals surface area contributed by atoms with Crippen LogP contribution in [0.5, 0.6) is 0 Å². The molecule has 1 aliphatic carbocycles. The lowest BCUT2D eigenvalue weighted by atomic mass is 9.95. The number of carbonyl (C=O) groups excluding carboxylic acids is 1. The van der Waals surface area contributed by atoms with Gasteiger partial charge in [0.15, 0.2) is 0 Å². The van der Waals surface area contributed by atoms with Crippen molar-refractivity contribution in [1.82, 2.24) is 0 Å². The van der Waals surface area contributed by atoms with Gasteiger partial charge in [-0.2, -0.15) is 0 Å². The van der Waals surface area contributed by atoms with Gasteiger partial charge in [-0.15, -0.1) is 0 Å². The average molecular weight is 216 g/mol. The van der Waals surface area contributed by atoms with Gasteiger partial charge in [-0.25, -0.2) is 0 Å². The largest absolute Gasteiger partial charge is 0.299 e. The van der Waals surface area contributed by atoms with Crippen molar-refractivity contribution in [2.24, 2.45) is 11.8 Å². The summed E-state index contributed by atoms with van der Waals surface area (Å²) in [6.07, 6.45) is 4.05. The minimum atomic E-state index is 0.330. The maximum absolute atomic E-state index is 12.0. The molecule has 1 heteroatoms. The molecule has 2 unspecified atom stereocenters. The van der Waals surface area contributed by atoms with Gasteiger partial charge in [-0.3, -0.25) is 4.79 Å². The van der Waals surface area contributed by atoms with E-state index >= 15 is 0 Å². The van der Waals surface area contributed by atoms with E-state index in [1.807, 2.05) is 0 Å². The molecule has 1 saturated carbocycles. The minimum absolute atomic E-state index is 0.330. The summed E-state index contributed by atoms with van der Waals surface area (Å²) in [5.74, 6) is 1.51. The molecule has 0 aromatic heterocycles. The maximum atomic E-state index is 12.0. The summed E-state index contributed by atoms with van der Waals surface area (Å²) in [4.78, 5) is 12.0. The Morgan fingerprint density at radius 2 is 1.94 bits per heavy atom. The molecular formula is C15H20O. The van der Waals surface area contributed by atoms with Crippen molar-refractivity contribution < 1.29 is 4.79 Å². The smallest absolute Gasteiger partial charge is 0.140 e. The number of rotatable bonds is 3. The molecule has 0 amide bonds. The van der Waals surface area contributed by atoms with Crippen LogP contribution in [-0.2, 0) is 11.2 Å². The zero-order chi connectivity index (χ0) is 11.5. The molecule has 0 saturated heterocycles. The Morgan fingerprint density at radius 3 is 2.50 bits per heavy atom. The molecule has 1 aromatic rings. The summed E-state index contributed by atoms with van der Waals surface area (Å²) in [7, 11) is 0. The van der Waals surface area contributed by atoms with E-state index in [0.717, 1.165) is 24.3 Å². The van der Waals surface area contributed by atoms with E-state index < -0.39 is 0 Å². The summed E-state index contributed by atoms with van der Waals surface area (Å²) in [6.45, 7) is 4.32. The number of Topliss-reactive ketones (excluding diaryl/α,β-unsaturated/α-hetero) is 1. The summed E-state index contributed by atoms with van der Waals surface area (Å²) in [5, 5.41) is 0. The van der Waals surface area contributed by atoms with Crippen molar-refractivity contribution in [3.63, 3.8) is 0 Å². The first kappa shape index (κ1) is 11.4. The quantitative estimate of drug-likeness (QED) is 0.755. The molecule has 2 rings (SSSR count). The Morgan fingerprint density at radius 1 is 1.25 bits per heavy atom. The van der Waals surface area contributed by atoms with Crippen LogP contribution >= 0.6 is 0 Å². The molecule has 0 radical (unpaired) electrons. The summed E-state index contributed by atoms with van der Waals surface area (Å²) >= 11 is 0.